The molecule has 1 fully saturated rings. The fourth-order valence-corrected chi connectivity index (χ4v) is 4.29. The van der Waals surface area contributed by atoms with E-state index in [2.05, 4.69) is 18.8 Å². The summed E-state index contributed by atoms with van der Waals surface area (Å²) in [6.45, 7) is 2.26. The lowest BCUT2D eigenvalue weighted by Crippen LogP contribution is -2.13. The number of hydrogen-bond donors (Lipinski definition) is 0. The molecule has 1 saturated carbocycles. The van der Waals surface area contributed by atoms with Crippen molar-refractivity contribution in [2.75, 3.05) is 0 Å². The Morgan fingerprint density at radius 2 is 1.62 bits per heavy atom. The molecular formula is C27H32F2. The Bertz CT molecular complexity index is 835. The highest BCUT2D eigenvalue weighted by Crippen LogP contribution is 2.32. The number of unbranched alkanes of at least 4 members (excludes halogenated alkanes) is 4. The third-order valence-corrected chi connectivity index (χ3v) is 6.13. The Hall–Kier alpha value is -2.14. The maximum Gasteiger partial charge on any atom is 0.139 e. The van der Waals surface area contributed by atoms with Crippen molar-refractivity contribution in [3.05, 3.63) is 59.7 Å². The fourth-order valence-electron chi connectivity index (χ4n) is 4.29. The van der Waals surface area contributed by atoms with Gasteiger partial charge in [0, 0.05) is 11.5 Å². The van der Waals surface area contributed by atoms with Gasteiger partial charge in [-0.05, 0) is 55.4 Å². The molecule has 2 heteroatoms. The molecule has 2 aromatic rings. The summed E-state index contributed by atoms with van der Waals surface area (Å²) in [6.07, 6.45) is 12.9. The smallest absolute Gasteiger partial charge is 0.139 e. The third kappa shape index (κ3) is 6.43. The number of hydrogen-bond acceptors (Lipinski definition) is 0. The van der Waals surface area contributed by atoms with Crippen LogP contribution >= 0.6 is 0 Å². The first-order chi connectivity index (χ1) is 14.2. The van der Waals surface area contributed by atoms with Gasteiger partial charge in [0.2, 0.25) is 0 Å². The van der Waals surface area contributed by atoms with Crippen LogP contribution in [0.3, 0.4) is 0 Å². The minimum atomic E-state index is -0.376. The minimum absolute atomic E-state index is 0.340. The maximum absolute atomic E-state index is 14.5. The molecule has 0 heterocycles. The second kappa shape index (κ2) is 11.1. The Labute approximate surface area is 174 Å². The van der Waals surface area contributed by atoms with Crippen molar-refractivity contribution in [1.82, 2.24) is 0 Å². The Kier molecular flexibility index (Phi) is 8.29. The van der Waals surface area contributed by atoms with Crippen molar-refractivity contribution in [2.45, 2.75) is 71.1 Å². The SMILES string of the molecule is CCCCCCCC1CCC(C#Cc2ccc(-c3ccccc3F)cc2F)CC1. The van der Waals surface area contributed by atoms with Gasteiger partial charge in [-0.2, -0.15) is 0 Å². The Morgan fingerprint density at radius 1 is 0.862 bits per heavy atom. The van der Waals surface area contributed by atoms with Gasteiger partial charge in [0.15, 0.2) is 0 Å². The van der Waals surface area contributed by atoms with E-state index in [4.69, 9.17) is 0 Å². The highest BCUT2D eigenvalue weighted by Gasteiger charge is 2.19. The van der Waals surface area contributed by atoms with E-state index in [1.165, 1.54) is 63.5 Å². The number of rotatable bonds is 7. The second-order valence-corrected chi connectivity index (χ2v) is 8.36. The molecule has 0 aliphatic heterocycles. The van der Waals surface area contributed by atoms with Gasteiger partial charge in [0.05, 0.1) is 5.56 Å². The Balaban J connectivity index is 1.51. The lowest BCUT2D eigenvalue weighted by molar-refractivity contribution is 0.294. The highest BCUT2D eigenvalue weighted by molar-refractivity contribution is 5.65. The van der Waals surface area contributed by atoms with Gasteiger partial charge in [-0.3, -0.25) is 0 Å². The average Bonchev–Trinajstić information content (AvgIpc) is 2.74. The largest absolute Gasteiger partial charge is 0.206 e. The molecule has 0 aromatic heterocycles. The van der Waals surface area contributed by atoms with Crippen LogP contribution in [0.2, 0.25) is 0 Å². The standard InChI is InChI=1S/C27H32F2/c1-2-3-4-5-6-9-21-12-14-22(15-13-21)16-17-23-18-19-24(20-27(23)29)25-10-7-8-11-26(25)28/h7-8,10-11,18-22H,2-6,9,12-15H2,1H3. The summed E-state index contributed by atoms with van der Waals surface area (Å²) in [5.41, 5.74) is 1.37. The molecule has 0 spiro atoms. The lowest BCUT2D eigenvalue weighted by Gasteiger charge is -2.25. The summed E-state index contributed by atoms with van der Waals surface area (Å²) in [5, 5.41) is 0. The van der Waals surface area contributed by atoms with E-state index in [1.807, 2.05) is 0 Å². The van der Waals surface area contributed by atoms with Crippen molar-refractivity contribution in [2.24, 2.45) is 11.8 Å². The average molecular weight is 395 g/mol. The van der Waals surface area contributed by atoms with Crippen molar-refractivity contribution >= 4 is 0 Å². The summed E-state index contributed by atoms with van der Waals surface area (Å²) in [7, 11) is 0. The van der Waals surface area contributed by atoms with Crippen LogP contribution < -0.4 is 0 Å². The van der Waals surface area contributed by atoms with Crippen LogP contribution in [0, 0.1) is 35.3 Å². The molecule has 2 aromatic carbocycles. The van der Waals surface area contributed by atoms with Crippen LogP contribution in [0.25, 0.3) is 11.1 Å². The van der Waals surface area contributed by atoms with Crippen LogP contribution in [0.1, 0.15) is 76.7 Å². The van der Waals surface area contributed by atoms with E-state index in [0.717, 1.165) is 18.8 Å². The molecule has 1 aliphatic carbocycles. The van der Waals surface area contributed by atoms with Crippen molar-refractivity contribution < 1.29 is 8.78 Å². The van der Waals surface area contributed by atoms with E-state index in [9.17, 15) is 8.78 Å². The summed E-state index contributed by atoms with van der Waals surface area (Å²) in [4.78, 5) is 0. The van der Waals surface area contributed by atoms with Crippen LogP contribution in [0.5, 0.6) is 0 Å². The van der Waals surface area contributed by atoms with E-state index in [-0.39, 0.29) is 11.6 Å². The zero-order valence-electron chi connectivity index (χ0n) is 17.5. The molecule has 0 saturated heterocycles. The molecule has 0 N–H and O–H groups in total. The minimum Gasteiger partial charge on any atom is -0.206 e. The first-order valence-corrected chi connectivity index (χ1v) is 11.2. The third-order valence-electron chi connectivity index (χ3n) is 6.13. The van der Waals surface area contributed by atoms with Crippen molar-refractivity contribution in [1.29, 1.82) is 0 Å². The van der Waals surface area contributed by atoms with Gasteiger partial charge in [0.1, 0.15) is 11.6 Å². The van der Waals surface area contributed by atoms with Crippen LogP contribution in [-0.4, -0.2) is 0 Å². The van der Waals surface area contributed by atoms with Crippen molar-refractivity contribution in [3.8, 4) is 23.0 Å². The molecule has 0 amide bonds. The molecule has 0 unspecified atom stereocenters. The molecule has 0 atom stereocenters. The summed E-state index contributed by atoms with van der Waals surface area (Å²) in [6, 6.07) is 11.3. The van der Waals surface area contributed by atoms with Gasteiger partial charge in [-0.15, -0.1) is 0 Å². The maximum atomic E-state index is 14.5. The summed E-state index contributed by atoms with van der Waals surface area (Å²) >= 11 is 0. The van der Waals surface area contributed by atoms with Gasteiger partial charge < -0.3 is 0 Å². The first kappa shape index (κ1) is 21.6. The predicted octanol–water partition coefficient (Wildman–Crippen LogP) is 8.15. The highest BCUT2D eigenvalue weighted by atomic mass is 19.1. The molecule has 0 radical (unpaired) electrons. The molecule has 1 aliphatic rings. The van der Waals surface area contributed by atoms with Crippen LogP contribution in [0.15, 0.2) is 42.5 Å². The quantitative estimate of drug-likeness (QED) is 0.328. The summed E-state index contributed by atoms with van der Waals surface area (Å²) in [5.74, 6) is 6.84. The second-order valence-electron chi connectivity index (χ2n) is 8.36. The van der Waals surface area contributed by atoms with E-state index < -0.39 is 0 Å². The predicted molar refractivity (Wildman–Crippen MR) is 117 cm³/mol. The lowest BCUT2D eigenvalue weighted by atomic mass is 9.80. The topological polar surface area (TPSA) is 0 Å². The van der Waals surface area contributed by atoms with E-state index in [1.54, 1.807) is 30.3 Å². The molecule has 154 valence electrons. The molecule has 29 heavy (non-hydrogen) atoms. The normalized spacial score (nSPS) is 18.9. The monoisotopic (exact) mass is 394 g/mol. The number of benzene rings is 2. The first-order valence-electron chi connectivity index (χ1n) is 11.2. The van der Waals surface area contributed by atoms with Crippen LogP contribution in [0.4, 0.5) is 8.78 Å². The molecular weight excluding hydrogens is 362 g/mol. The van der Waals surface area contributed by atoms with Crippen LogP contribution in [-0.2, 0) is 0 Å². The van der Waals surface area contributed by atoms with E-state index >= 15 is 0 Å². The molecule has 0 nitrogen and oxygen atoms in total. The summed E-state index contributed by atoms with van der Waals surface area (Å²) < 4.78 is 28.4. The van der Waals surface area contributed by atoms with E-state index in [0.29, 0.717) is 22.6 Å². The molecule has 3 rings (SSSR count). The van der Waals surface area contributed by atoms with Gasteiger partial charge in [-0.25, -0.2) is 8.78 Å². The molecule has 0 bridgehead atoms. The van der Waals surface area contributed by atoms with Crippen molar-refractivity contribution in [3.63, 3.8) is 0 Å². The van der Waals surface area contributed by atoms with Gasteiger partial charge in [-0.1, -0.05) is 81.6 Å². The van der Waals surface area contributed by atoms with Gasteiger partial charge >= 0.3 is 0 Å². The van der Waals surface area contributed by atoms with Gasteiger partial charge in [0.25, 0.3) is 0 Å². The Morgan fingerprint density at radius 3 is 2.34 bits per heavy atom. The number of halogens is 2. The fraction of sp³-hybridized carbons (Fsp3) is 0.481. The zero-order valence-corrected chi connectivity index (χ0v) is 17.5. The zero-order chi connectivity index (χ0) is 20.5.